The first-order chi connectivity index (χ1) is 11.1. The van der Waals surface area contributed by atoms with Gasteiger partial charge in [-0.05, 0) is 32.7 Å². The van der Waals surface area contributed by atoms with E-state index in [2.05, 4.69) is 53.8 Å². The predicted molar refractivity (Wildman–Crippen MR) is 96.2 cm³/mol. The van der Waals surface area contributed by atoms with E-state index in [0.29, 0.717) is 6.47 Å². The molecule has 0 aromatic carbocycles. The van der Waals surface area contributed by atoms with Crippen molar-refractivity contribution in [1.82, 2.24) is 19.6 Å². The Morgan fingerprint density at radius 3 is 1.25 bits per heavy atom. The predicted octanol–water partition coefficient (Wildman–Crippen LogP) is 1.06. The molecule has 0 aromatic rings. The van der Waals surface area contributed by atoms with Gasteiger partial charge in [-0.3, -0.25) is 6.54 Å². The third-order valence-electron chi connectivity index (χ3n) is 4.58. The molecule has 1 heterocycles. The van der Waals surface area contributed by atoms with Gasteiger partial charge >= 0.3 is 31.1 Å². The summed E-state index contributed by atoms with van der Waals surface area (Å²) in [5.41, 5.74) is 0. The van der Waals surface area contributed by atoms with Crippen LogP contribution in [0.4, 0.5) is 0 Å². The first kappa shape index (κ1) is 26.6. The maximum atomic E-state index is 8.24. The van der Waals surface area contributed by atoms with Gasteiger partial charge in [0.25, 0.3) is 0 Å². The van der Waals surface area contributed by atoms with E-state index < -0.39 is 0 Å². The normalized spacial score (nSPS) is 20.0. The summed E-state index contributed by atoms with van der Waals surface area (Å²) in [6.07, 6.45) is 0. The Bertz CT molecular complexity index is 221. The molecule has 0 spiro atoms. The summed E-state index contributed by atoms with van der Waals surface area (Å²) in [6.45, 7) is 24.8. The first-order valence-corrected chi connectivity index (χ1v) is 8.86. The first-order valence-electron chi connectivity index (χ1n) is 8.86. The number of aliphatic hydroxyl groups excluding tert-OH is 1. The fourth-order valence-electron chi connectivity index (χ4n) is 2.76. The second-order valence-electron chi connectivity index (χ2n) is 5.69. The Morgan fingerprint density at radius 2 is 1.04 bits per heavy atom. The molecule has 1 aliphatic heterocycles. The Hall–Kier alpha value is 0.362. The second kappa shape index (κ2) is 18.2. The molecule has 24 heavy (non-hydrogen) atoms. The fourth-order valence-corrected chi connectivity index (χ4v) is 2.76. The average Bonchev–Trinajstić information content (AvgIpc) is 2.56. The van der Waals surface area contributed by atoms with Crippen molar-refractivity contribution >= 4 is 6.47 Å². The van der Waals surface area contributed by atoms with Crippen molar-refractivity contribution in [1.29, 1.82) is 0 Å². The van der Waals surface area contributed by atoms with Crippen LogP contribution in [0.3, 0.4) is 0 Å². The Morgan fingerprint density at radius 1 is 0.792 bits per heavy atom. The Balaban J connectivity index is 0. The van der Waals surface area contributed by atoms with Gasteiger partial charge < -0.3 is 29.5 Å². The second-order valence-corrected chi connectivity index (χ2v) is 5.69. The van der Waals surface area contributed by atoms with Crippen LogP contribution < -0.4 is 0 Å². The molecule has 1 saturated heterocycles. The summed E-state index contributed by atoms with van der Waals surface area (Å²) in [7, 11) is 0. The Kier molecular flexibility index (Phi) is 20.1. The van der Waals surface area contributed by atoms with Gasteiger partial charge in [0, 0.05) is 39.3 Å². The molecule has 0 unspecified atom stereocenters. The van der Waals surface area contributed by atoms with Gasteiger partial charge in [-0.15, -0.1) is 0 Å². The molecule has 0 saturated carbocycles. The van der Waals surface area contributed by atoms with Crippen LogP contribution in [0.1, 0.15) is 27.7 Å². The van der Waals surface area contributed by atoms with Crippen LogP contribution in [0.2, 0.25) is 0 Å². The van der Waals surface area contributed by atoms with Crippen LogP contribution in [0.25, 0.3) is 0 Å². The molecule has 0 atom stereocenters. The van der Waals surface area contributed by atoms with Gasteiger partial charge in [0.15, 0.2) is 0 Å². The molecule has 6 nitrogen and oxygen atoms in total. The van der Waals surface area contributed by atoms with Crippen LogP contribution in [0.15, 0.2) is 0 Å². The molecule has 0 radical (unpaired) electrons. The van der Waals surface area contributed by atoms with Crippen molar-refractivity contribution in [3.8, 4) is 0 Å². The minimum Gasteiger partial charge on any atom is -0.665 e. The minimum absolute atomic E-state index is 0. The summed E-state index contributed by atoms with van der Waals surface area (Å²) in [4.78, 5) is 18.5. The van der Waals surface area contributed by atoms with Crippen molar-refractivity contribution in [2.45, 2.75) is 27.7 Å². The summed E-state index contributed by atoms with van der Waals surface area (Å²) in [5.74, 6) is 0. The molecule has 1 aliphatic rings. The van der Waals surface area contributed by atoms with Crippen LogP contribution in [0, 0.1) is 37.7 Å². The maximum absolute atomic E-state index is 8.24. The molecular formula is C17H36N4O2U. The summed E-state index contributed by atoms with van der Waals surface area (Å²) >= 11 is 0. The summed E-state index contributed by atoms with van der Waals surface area (Å²) in [5, 5.41) is 6.76. The van der Waals surface area contributed by atoms with E-state index in [4.69, 9.17) is 9.90 Å². The summed E-state index contributed by atoms with van der Waals surface area (Å²) in [6, 6.07) is 0. The quantitative estimate of drug-likeness (QED) is 0.514. The number of likely N-dealkylation sites (N-methyl/N-ethyl adjacent to an activating group) is 3. The van der Waals surface area contributed by atoms with Gasteiger partial charge in [-0.1, -0.05) is 27.2 Å². The van der Waals surface area contributed by atoms with E-state index in [0.717, 1.165) is 26.2 Å². The van der Waals surface area contributed by atoms with Gasteiger partial charge in [-0.25, -0.2) is 0 Å². The smallest absolute Gasteiger partial charge is 0.665 e. The van der Waals surface area contributed by atoms with E-state index in [1.54, 1.807) is 0 Å². The number of hydrogen-bond acceptors (Lipinski definition) is 5. The zero-order valence-electron chi connectivity index (χ0n) is 16.0. The van der Waals surface area contributed by atoms with Gasteiger partial charge in [0.1, 0.15) is 0 Å². The molecule has 1 rings (SSSR count). The summed E-state index contributed by atoms with van der Waals surface area (Å²) < 4.78 is 0. The molecule has 0 aromatic heterocycles. The molecule has 1 N–H and O–H groups in total. The average molecular weight is 567 g/mol. The van der Waals surface area contributed by atoms with E-state index in [1.807, 2.05) is 0 Å². The van der Waals surface area contributed by atoms with Crippen LogP contribution >= 0.6 is 0 Å². The van der Waals surface area contributed by atoms with Crippen molar-refractivity contribution in [2.75, 3.05) is 72.0 Å². The zero-order chi connectivity index (χ0) is 17.5. The molecule has 140 valence electrons. The van der Waals surface area contributed by atoms with Crippen LogP contribution in [-0.4, -0.2) is 103 Å². The number of nitrogens with zero attached hydrogens (tertiary/aromatic N) is 4. The topological polar surface area (TPSA) is 50.3 Å². The molecule has 0 amide bonds. The monoisotopic (exact) mass is 566 g/mol. The van der Waals surface area contributed by atoms with Crippen LogP contribution in [-0.2, 0) is 4.79 Å². The molecule has 1 fully saturated rings. The van der Waals surface area contributed by atoms with Gasteiger partial charge in [0.05, 0.1) is 0 Å². The SMILES string of the molecule is C[CH-]N1CCN(CC)CCN(CC)CCN(CC)CC1.O=[C-]O.[U+2]. The third-order valence-corrected chi connectivity index (χ3v) is 4.58. The Labute approximate surface area is 172 Å². The zero-order valence-corrected chi connectivity index (χ0v) is 20.2. The maximum Gasteiger partial charge on any atom is 2.00 e. The van der Waals surface area contributed by atoms with E-state index in [9.17, 15) is 0 Å². The van der Waals surface area contributed by atoms with E-state index >= 15 is 0 Å². The van der Waals surface area contributed by atoms with E-state index in [-0.39, 0.29) is 31.1 Å². The largest absolute Gasteiger partial charge is 2.00 e. The van der Waals surface area contributed by atoms with Crippen molar-refractivity contribution in [3.63, 3.8) is 0 Å². The molecule has 0 bridgehead atoms. The van der Waals surface area contributed by atoms with Gasteiger partial charge in [-0.2, -0.15) is 6.92 Å². The minimum atomic E-state index is 0. The molecule has 0 aliphatic carbocycles. The molecular weight excluding hydrogens is 530 g/mol. The number of hydrogen-bond donors (Lipinski definition) is 1. The fraction of sp³-hybridized carbons (Fsp3) is 0.882. The molecule has 7 heteroatoms. The number of rotatable bonds is 4. The standard InChI is InChI=1S/C16H35N4.CHO2.U/c1-5-17-9-11-18(6-2)13-15-20(8-4)16-14-19(7-3)12-10-17;2-1-3;/h5H,6-16H2,1-4H3;(H,2,3);/q2*-1;+2. The van der Waals surface area contributed by atoms with Crippen molar-refractivity contribution in [2.24, 2.45) is 0 Å². The third kappa shape index (κ3) is 12.7. The van der Waals surface area contributed by atoms with Gasteiger partial charge in [0.2, 0.25) is 0 Å². The van der Waals surface area contributed by atoms with E-state index in [1.165, 1.54) is 45.8 Å². The van der Waals surface area contributed by atoms with Crippen molar-refractivity contribution in [3.05, 3.63) is 6.54 Å². The van der Waals surface area contributed by atoms with Crippen molar-refractivity contribution < 1.29 is 41.0 Å². The van der Waals surface area contributed by atoms with Crippen LogP contribution in [0.5, 0.6) is 0 Å².